The van der Waals surface area contributed by atoms with E-state index in [2.05, 4.69) is 31.5 Å². The number of halogens is 3. The number of anilines is 2. The molecule has 1 amide bonds. The van der Waals surface area contributed by atoms with Gasteiger partial charge in [0.15, 0.2) is 11.6 Å². The summed E-state index contributed by atoms with van der Waals surface area (Å²) in [5.41, 5.74) is 0.300. The van der Waals surface area contributed by atoms with Crippen molar-refractivity contribution in [3.8, 4) is 0 Å². The van der Waals surface area contributed by atoms with Crippen molar-refractivity contribution >= 4 is 44.9 Å². The number of hydrogen-bond donors (Lipinski definition) is 2. The van der Waals surface area contributed by atoms with E-state index in [-0.39, 0.29) is 11.4 Å². The van der Waals surface area contributed by atoms with Gasteiger partial charge >= 0.3 is 0 Å². The van der Waals surface area contributed by atoms with Crippen LogP contribution in [0, 0.1) is 5.82 Å². The molecule has 1 aromatic carbocycles. The molecule has 4 nitrogen and oxygen atoms in total. The predicted molar refractivity (Wildman–Crippen MR) is 85.5 cm³/mol. The summed E-state index contributed by atoms with van der Waals surface area (Å²) in [6.45, 7) is 2.32. The van der Waals surface area contributed by atoms with Gasteiger partial charge in [-0.2, -0.15) is 0 Å². The number of pyridine rings is 1. The molecule has 21 heavy (non-hydrogen) atoms. The fraction of sp³-hybridized carbons (Fsp3) is 0.143. The van der Waals surface area contributed by atoms with Crippen LogP contribution in [0.1, 0.15) is 17.3 Å². The maximum Gasteiger partial charge on any atom is 0.258 e. The van der Waals surface area contributed by atoms with Gasteiger partial charge in [0.05, 0.1) is 16.3 Å². The van der Waals surface area contributed by atoms with Crippen molar-refractivity contribution < 1.29 is 9.18 Å². The van der Waals surface area contributed by atoms with E-state index in [1.165, 1.54) is 12.3 Å². The quantitative estimate of drug-likeness (QED) is 0.840. The van der Waals surface area contributed by atoms with Crippen LogP contribution in [0.2, 0.25) is 5.02 Å². The first kappa shape index (κ1) is 15.7. The number of amides is 1. The lowest BCUT2D eigenvalue weighted by atomic mass is 10.2. The minimum Gasteiger partial charge on any atom is -0.368 e. The minimum atomic E-state index is -0.692. The molecule has 0 atom stereocenters. The first-order valence-corrected chi connectivity index (χ1v) is 7.34. The normalized spacial score (nSPS) is 10.3. The zero-order valence-corrected chi connectivity index (χ0v) is 13.4. The fourth-order valence-corrected chi connectivity index (χ4v) is 2.22. The van der Waals surface area contributed by atoms with Gasteiger partial charge in [0.2, 0.25) is 0 Å². The second-order valence-electron chi connectivity index (χ2n) is 4.13. The minimum absolute atomic E-state index is 0.0467. The lowest BCUT2D eigenvalue weighted by Crippen LogP contribution is -2.16. The Kier molecular flexibility index (Phi) is 5.14. The third kappa shape index (κ3) is 3.71. The van der Waals surface area contributed by atoms with E-state index in [0.29, 0.717) is 17.3 Å². The van der Waals surface area contributed by atoms with Crippen molar-refractivity contribution in [2.75, 3.05) is 17.2 Å². The summed E-state index contributed by atoms with van der Waals surface area (Å²) in [5.74, 6) is -1.23. The first-order valence-electron chi connectivity index (χ1n) is 6.17. The number of aromatic nitrogens is 1. The standard InChI is InChI=1S/C14H12BrClFN3O/c1-2-18-13-12(17)9(5-6-19-13)14(21)20-11-7-8(15)3-4-10(11)16/h3-7H,2H2,1H3,(H,18,19)(H,20,21). The Labute approximate surface area is 134 Å². The molecule has 2 aromatic rings. The average Bonchev–Trinajstić information content (AvgIpc) is 2.45. The molecule has 2 N–H and O–H groups in total. The van der Waals surface area contributed by atoms with Crippen LogP contribution in [-0.2, 0) is 0 Å². The second kappa shape index (κ2) is 6.87. The fourth-order valence-electron chi connectivity index (χ4n) is 1.69. The summed E-state index contributed by atoms with van der Waals surface area (Å²) in [6, 6.07) is 6.34. The van der Waals surface area contributed by atoms with Crippen molar-refractivity contribution in [1.82, 2.24) is 4.98 Å². The van der Waals surface area contributed by atoms with Crippen LogP contribution in [0.15, 0.2) is 34.9 Å². The van der Waals surface area contributed by atoms with Crippen molar-refractivity contribution in [3.05, 3.63) is 51.3 Å². The Bertz CT molecular complexity index is 681. The zero-order chi connectivity index (χ0) is 15.4. The van der Waals surface area contributed by atoms with E-state index in [0.717, 1.165) is 4.47 Å². The molecule has 7 heteroatoms. The smallest absolute Gasteiger partial charge is 0.258 e. The number of nitrogens with zero attached hydrogens (tertiary/aromatic N) is 1. The molecule has 0 unspecified atom stereocenters. The number of rotatable bonds is 4. The van der Waals surface area contributed by atoms with Gasteiger partial charge in [0.25, 0.3) is 5.91 Å². The summed E-state index contributed by atoms with van der Waals surface area (Å²) in [5, 5.41) is 5.71. The van der Waals surface area contributed by atoms with Crippen molar-refractivity contribution in [3.63, 3.8) is 0 Å². The number of carbonyl (C=O) groups is 1. The lowest BCUT2D eigenvalue weighted by molar-refractivity contribution is 0.102. The van der Waals surface area contributed by atoms with Gasteiger partial charge in [-0.1, -0.05) is 27.5 Å². The van der Waals surface area contributed by atoms with Gasteiger partial charge in [0.1, 0.15) is 0 Å². The van der Waals surface area contributed by atoms with Crippen LogP contribution >= 0.6 is 27.5 Å². The molecule has 0 aliphatic rings. The predicted octanol–water partition coefficient (Wildman–Crippen LogP) is 4.32. The molecule has 0 aliphatic carbocycles. The zero-order valence-electron chi connectivity index (χ0n) is 11.1. The summed E-state index contributed by atoms with van der Waals surface area (Å²) in [7, 11) is 0. The highest BCUT2D eigenvalue weighted by Crippen LogP contribution is 2.26. The molecule has 0 saturated carbocycles. The molecule has 2 rings (SSSR count). The van der Waals surface area contributed by atoms with E-state index in [9.17, 15) is 9.18 Å². The Balaban J connectivity index is 2.28. The van der Waals surface area contributed by atoms with Gasteiger partial charge < -0.3 is 10.6 Å². The second-order valence-corrected chi connectivity index (χ2v) is 5.45. The number of nitrogens with one attached hydrogen (secondary N) is 2. The maximum atomic E-state index is 14.2. The van der Waals surface area contributed by atoms with E-state index >= 15 is 0 Å². The summed E-state index contributed by atoms with van der Waals surface area (Å²) in [4.78, 5) is 16.0. The highest BCUT2D eigenvalue weighted by molar-refractivity contribution is 9.10. The Hall–Kier alpha value is -1.66. The van der Waals surface area contributed by atoms with E-state index < -0.39 is 11.7 Å². The topological polar surface area (TPSA) is 54.0 Å². The van der Waals surface area contributed by atoms with Crippen molar-refractivity contribution in [2.45, 2.75) is 6.92 Å². The van der Waals surface area contributed by atoms with E-state index in [4.69, 9.17) is 11.6 Å². The third-order valence-corrected chi connectivity index (χ3v) is 3.48. The first-order chi connectivity index (χ1) is 10.0. The molecule has 0 bridgehead atoms. The SMILES string of the molecule is CCNc1nccc(C(=O)Nc2cc(Br)ccc2Cl)c1F. The Morgan fingerprint density at radius 2 is 2.19 bits per heavy atom. The van der Waals surface area contributed by atoms with Crippen LogP contribution in [0.3, 0.4) is 0 Å². The third-order valence-electron chi connectivity index (χ3n) is 2.65. The molecular weight excluding hydrogens is 361 g/mol. The molecule has 0 saturated heterocycles. The summed E-state index contributed by atoms with van der Waals surface area (Å²) >= 11 is 9.28. The van der Waals surface area contributed by atoms with Crippen molar-refractivity contribution in [1.29, 1.82) is 0 Å². The summed E-state index contributed by atoms with van der Waals surface area (Å²) < 4.78 is 14.9. The number of hydrogen-bond acceptors (Lipinski definition) is 3. The largest absolute Gasteiger partial charge is 0.368 e. The molecule has 0 aliphatic heterocycles. The summed E-state index contributed by atoms with van der Waals surface area (Å²) in [6.07, 6.45) is 1.37. The molecule has 0 fully saturated rings. The number of carbonyl (C=O) groups excluding carboxylic acids is 1. The Morgan fingerprint density at radius 3 is 2.90 bits per heavy atom. The molecule has 1 aromatic heterocycles. The Morgan fingerprint density at radius 1 is 1.43 bits per heavy atom. The van der Waals surface area contributed by atoms with Gasteiger partial charge in [-0.3, -0.25) is 4.79 Å². The monoisotopic (exact) mass is 371 g/mol. The van der Waals surface area contributed by atoms with Gasteiger partial charge in [-0.05, 0) is 31.2 Å². The van der Waals surface area contributed by atoms with Gasteiger partial charge in [-0.25, -0.2) is 9.37 Å². The molecule has 110 valence electrons. The van der Waals surface area contributed by atoms with Crippen LogP contribution < -0.4 is 10.6 Å². The van der Waals surface area contributed by atoms with Crippen molar-refractivity contribution in [2.24, 2.45) is 0 Å². The van der Waals surface area contributed by atoms with E-state index in [1.54, 1.807) is 18.2 Å². The average molecular weight is 373 g/mol. The van der Waals surface area contributed by atoms with Gasteiger partial charge in [-0.15, -0.1) is 0 Å². The number of benzene rings is 1. The van der Waals surface area contributed by atoms with Crippen LogP contribution in [0.4, 0.5) is 15.9 Å². The maximum absolute atomic E-state index is 14.2. The van der Waals surface area contributed by atoms with Crippen LogP contribution in [0.5, 0.6) is 0 Å². The lowest BCUT2D eigenvalue weighted by Gasteiger charge is -2.10. The highest BCUT2D eigenvalue weighted by Gasteiger charge is 2.17. The molecular formula is C14H12BrClFN3O. The van der Waals surface area contributed by atoms with Crippen LogP contribution in [0.25, 0.3) is 0 Å². The van der Waals surface area contributed by atoms with Crippen LogP contribution in [-0.4, -0.2) is 17.4 Å². The molecule has 1 heterocycles. The van der Waals surface area contributed by atoms with Gasteiger partial charge in [0, 0.05) is 17.2 Å². The molecule has 0 spiro atoms. The molecule has 0 radical (unpaired) electrons. The highest BCUT2D eigenvalue weighted by atomic mass is 79.9. The van der Waals surface area contributed by atoms with E-state index in [1.807, 2.05) is 6.92 Å².